The summed E-state index contributed by atoms with van der Waals surface area (Å²) in [4.78, 5) is 18.0. The zero-order chi connectivity index (χ0) is 23.2. The van der Waals surface area contributed by atoms with Crippen molar-refractivity contribution < 1.29 is 22.7 Å². The summed E-state index contributed by atoms with van der Waals surface area (Å²) in [6.45, 7) is 5.30. The van der Waals surface area contributed by atoms with Crippen LogP contribution in [0.3, 0.4) is 0 Å². The van der Waals surface area contributed by atoms with Crippen LogP contribution in [0.4, 0.5) is 0 Å². The molecule has 1 unspecified atom stereocenters. The maximum absolute atomic E-state index is 13.0. The highest BCUT2D eigenvalue weighted by Crippen LogP contribution is 2.37. The van der Waals surface area contributed by atoms with E-state index in [4.69, 9.17) is 9.47 Å². The Bertz CT molecular complexity index is 1390. The van der Waals surface area contributed by atoms with Gasteiger partial charge in [-0.05, 0) is 51.0 Å². The molecule has 2 aliphatic rings. The van der Waals surface area contributed by atoms with Gasteiger partial charge in [-0.1, -0.05) is 17.8 Å². The van der Waals surface area contributed by atoms with Crippen molar-refractivity contribution in [1.29, 1.82) is 0 Å². The van der Waals surface area contributed by atoms with Crippen LogP contribution in [0.25, 0.3) is 10.2 Å². The first kappa shape index (κ1) is 22.1. The maximum atomic E-state index is 13.0. The average Bonchev–Trinajstić information content (AvgIpc) is 3.40. The Morgan fingerprint density at radius 1 is 1.15 bits per heavy atom. The van der Waals surface area contributed by atoms with Gasteiger partial charge < -0.3 is 14.0 Å². The lowest BCUT2D eigenvalue weighted by molar-refractivity contribution is 0.0997. The number of carbonyl (C=O) groups excluding carboxylic acids is 1. The van der Waals surface area contributed by atoms with E-state index in [0.29, 0.717) is 35.0 Å². The SMILES string of the molecule is CCn1c(=NC(=O)c2ccc(S(=O)(=O)N3CCCCC3C)cc2)sc2cc3c(cc21)OCO3. The monoisotopic (exact) mass is 487 g/mol. The molecule has 1 atom stereocenters. The van der Waals surface area contributed by atoms with Crippen molar-refractivity contribution in [3.05, 3.63) is 46.8 Å². The Kier molecular flexibility index (Phi) is 5.75. The topological polar surface area (TPSA) is 90.2 Å². The van der Waals surface area contributed by atoms with Crippen LogP contribution in [0.15, 0.2) is 46.3 Å². The van der Waals surface area contributed by atoms with Crippen molar-refractivity contribution in [3.63, 3.8) is 0 Å². The lowest BCUT2D eigenvalue weighted by Crippen LogP contribution is -2.41. The molecule has 1 amide bonds. The van der Waals surface area contributed by atoms with Gasteiger partial charge in [0.15, 0.2) is 16.3 Å². The molecule has 33 heavy (non-hydrogen) atoms. The molecule has 1 aromatic heterocycles. The largest absolute Gasteiger partial charge is 0.454 e. The van der Waals surface area contributed by atoms with Crippen molar-refractivity contribution in [1.82, 2.24) is 8.87 Å². The van der Waals surface area contributed by atoms with Crippen LogP contribution in [0.1, 0.15) is 43.5 Å². The second kappa shape index (κ2) is 8.58. The number of aryl methyl sites for hydroxylation is 1. The fraction of sp³-hybridized carbons (Fsp3) is 0.391. The summed E-state index contributed by atoms with van der Waals surface area (Å²) in [5.41, 5.74) is 1.27. The number of carbonyl (C=O) groups is 1. The van der Waals surface area contributed by atoms with Crippen molar-refractivity contribution in [2.45, 2.75) is 50.6 Å². The highest BCUT2D eigenvalue weighted by molar-refractivity contribution is 7.89. The standard InChI is InChI=1S/C23H25N3O5S2/c1-3-25-18-12-19-20(31-14-30-19)13-21(18)32-23(25)24-22(27)16-7-9-17(10-8-16)33(28,29)26-11-5-4-6-15(26)2/h7-10,12-13,15H,3-6,11,14H2,1-2H3. The molecule has 1 saturated heterocycles. The highest BCUT2D eigenvalue weighted by Gasteiger charge is 2.31. The van der Waals surface area contributed by atoms with E-state index in [1.807, 2.05) is 30.5 Å². The van der Waals surface area contributed by atoms with E-state index in [2.05, 4.69) is 4.99 Å². The number of sulfonamides is 1. The third-order valence-corrected chi connectivity index (χ3v) is 9.21. The number of benzene rings is 2. The van der Waals surface area contributed by atoms with Gasteiger partial charge in [0.2, 0.25) is 16.8 Å². The third-order valence-electron chi connectivity index (χ3n) is 6.14. The van der Waals surface area contributed by atoms with Crippen molar-refractivity contribution in [2.75, 3.05) is 13.3 Å². The van der Waals surface area contributed by atoms with E-state index >= 15 is 0 Å². The smallest absolute Gasteiger partial charge is 0.279 e. The van der Waals surface area contributed by atoms with Crippen LogP contribution >= 0.6 is 11.3 Å². The molecule has 0 spiro atoms. The summed E-state index contributed by atoms with van der Waals surface area (Å²) in [5.74, 6) is 0.948. The van der Waals surface area contributed by atoms with Crippen LogP contribution in [0.5, 0.6) is 11.5 Å². The average molecular weight is 488 g/mol. The minimum absolute atomic E-state index is 0.0188. The Labute approximate surface area is 196 Å². The number of rotatable bonds is 4. The van der Waals surface area contributed by atoms with Gasteiger partial charge in [0.25, 0.3) is 5.91 Å². The van der Waals surface area contributed by atoms with Crippen LogP contribution in [0, 0.1) is 0 Å². The van der Waals surface area contributed by atoms with Crippen molar-refractivity contribution >= 4 is 37.5 Å². The molecule has 174 valence electrons. The van der Waals surface area contributed by atoms with Crippen molar-refractivity contribution in [2.24, 2.45) is 4.99 Å². The van der Waals surface area contributed by atoms with E-state index in [9.17, 15) is 13.2 Å². The number of hydrogen-bond acceptors (Lipinski definition) is 6. The number of amides is 1. The summed E-state index contributed by atoms with van der Waals surface area (Å²) in [6, 6.07) is 9.85. The van der Waals surface area contributed by atoms with Gasteiger partial charge in [0, 0.05) is 36.8 Å². The predicted molar refractivity (Wildman–Crippen MR) is 125 cm³/mol. The van der Waals surface area contributed by atoms with E-state index < -0.39 is 15.9 Å². The summed E-state index contributed by atoms with van der Waals surface area (Å²) >= 11 is 1.40. The molecule has 0 saturated carbocycles. The summed E-state index contributed by atoms with van der Waals surface area (Å²) in [5, 5.41) is 0. The Hall–Kier alpha value is -2.69. The van der Waals surface area contributed by atoms with E-state index in [1.54, 1.807) is 4.31 Å². The van der Waals surface area contributed by atoms with Crippen LogP contribution in [-0.4, -0.2) is 42.6 Å². The predicted octanol–water partition coefficient (Wildman–Crippen LogP) is 3.76. The van der Waals surface area contributed by atoms with Crippen LogP contribution in [0.2, 0.25) is 0 Å². The zero-order valence-electron chi connectivity index (χ0n) is 18.5. The first-order valence-corrected chi connectivity index (χ1v) is 13.3. The quantitative estimate of drug-likeness (QED) is 0.559. The number of ether oxygens (including phenoxy) is 2. The van der Waals surface area contributed by atoms with Gasteiger partial charge in [-0.25, -0.2) is 8.42 Å². The molecule has 0 bridgehead atoms. The minimum atomic E-state index is -3.58. The number of thiazole rings is 1. The number of fused-ring (bicyclic) bond motifs is 2. The second-order valence-electron chi connectivity index (χ2n) is 8.20. The zero-order valence-corrected chi connectivity index (χ0v) is 20.1. The molecule has 0 radical (unpaired) electrons. The normalized spacial score (nSPS) is 19.3. The van der Waals surface area contributed by atoms with E-state index in [1.165, 1.54) is 35.6 Å². The van der Waals surface area contributed by atoms with Gasteiger partial charge in [0.05, 0.1) is 15.1 Å². The van der Waals surface area contributed by atoms with E-state index in [-0.39, 0.29) is 17.7 Å². The number of hydrogen-bond donors (Lipinski definition) is 0. The van der Waals surface area contributed by atoms with E-state index in [0.717, 1.165) is 29.5 Å². The molecule has 0 aliphatic carbocycles. The Morgan fingerprint density at radius 2 is 1.88 bits per heavy atom. The summed E-state index contributed by atoms with van der Waals surface area (Å²) in [7, 11) is -3.58. The number of aromatic nitrogens is 1. The first-order chi connectivity index (χ1) is 15.9. The lowest BCUT2D eigenvalue weighted by atomic mass is 10.1. The molecular formula is C23H25N3O5S2. The van der Waals surface area contributed by atoms with Gasteiger partial charge >= 0.3 is 0 Å². The molecule has 2 aliphatic heterocycles. The van der Waals surface area contributed by atoms with Gasteiger partial charge in [-0.15, -0.1) is 0 Å². The molecule has 1 fully saturated rings. The highest BCUT2D eigenvalue weighted by atomic mass is 32.2. The van der Waals surface area contributed by atoms with Crippen LogP contribution < -0.4 is 14.3 Å². The molecule has 0 N–H and O–H groups in total. The molecule has 8 nitrogen and oxygen atoms in total. The Balaban J connectivity index is 1.45. The van der Waals surface area contributed by atoms with Gasteiger partial charge in [-0.2, -0.15) is 9.30 Å². The molecule has 10 heteroatoms. The fourth-order valence-corrected chi connectivity index (χ4v) is 7.14. The third kappa shape index (κ3) is 3.96. The van der Waals surface area contributed by atoms with Gasteiger partial charge in [0.1, 0.15) is 0 Å². The fourth-order valence-electron chi connectivity index (χ4n) is 4.34. The number of piperidine rings is 1. The lowest BCUT2D eigenvalue weighted by Gasteiger charge is -2.32. The molecule has 3 aromatic rings. The molecule has 2 aromatic carbocycles. The number of nitrogens with zero attached hydrogens (tertiary/aromatic N) is 3. The second-order valence-corrected chi connectivity index (χ2v) is 11.1. The summed E-state index contributed by atoms with van der Waals surface area (Å²) < 4.78 is 41.5. The first-order valence-electron chi connectivity index (χ1n) is 11.0. The van der Waals surface area contributed by atoms with Gasteiger partial charge in [-0.3, -0.25) is 4.79 Å². The minimum Gasteiger partial charge on any atom is -0.454 e. The molecule has 3 heterocycles. The maximum Gasteiger partial charge on any atom is 0.279 e. The van der Waals surface area contributed by atoms with Crippen LogP contribution in [-0.2, 0) is 16.6 Å². The molecule has 5 rings (SSSR count). The summed E-state index contributed by atoms with van der Waals surface area (Å²) in [6.07, 6.45) is 2.77. The Morgan fingerprint density at radius 3 is 2.58 bits per heavy atom. The molecular weight excluding hydrogens is 462 g/mol. The van der Waals surface area contributed by atoms with Crippen molar-refractivity contribution in [3.8, 4) is 11.5 Å².